The van der Waals surface area contributed by atoms with E-state index in [9.17, 15) is 19.5 Å². The first-order valence-corrected chi connectivity index (χ1v) is 11.2. The van der Waals surface area contributed by atoms with Crippen molar-refractivity contribution in [1.29, 1.82) is 0 Å². The molecule has 0 saturated carbocycles. The molecule has 8 nitrogen and oxygen atoms in total. The topological polar surface area (TPSA) is 114 Å². The number of carbonyl (C=O) groups is 3. The lowest BCUT2D eigenvalue weighted by Gasteiger charge is -2.20. The van der Waals surface area contributed by atoms with E-state index in [-0.39, 0.29) is 30.9 Å². The van der Waals surface area contributed by atoms with E-state index in [1.165, 1.54) is 0 Å². The predicted molar refractivity (Wildman–Crippen MR) is 121 cm³/mol. The maximum absolute atomic E-state index is 12.6. The fourth-order valence-electron chi connectivity index (χ4n) is 4.61. The summed E-state index contributed by atoms with van der Waals surface area (Å²) in [7, 11) is 0. The number of aliphatic carboxylic acids is 1. The Morgan fingerprint density at radius 2 is 1.73 bits per heavy atom. The Kier molecular flexibility index (Phi) is 6.93. The number of fused-ring (bicyclic) bond motifs is 3. The Balaban J connectivity index is 1.32. The van der Waals surface area contributed by atoms with Crippen LogP contribution >= 0.6 is 0 Å². The van der Waals surface area contributed by atoms with Crippen LogP contribution < -0.4 is 10.6 Å². The Hall–Kier alpha value is -3.39. The molecule has 4 rings (SSSR count). The van der Waals surface area contributed by atoms with Crippen molar-refractivity contribution in [2.75, 3.05) is 19.8 Å². The number of nitrogens with one attached hydrogen (secondary N) is 2. The minimum absolute atomic E-state index is 0.0626. The van der Waals surface area contributed by atoms with E-state index in [2.05, 4.69) is 22.8 Å². The average molecular weight is 453 g/mol. The van der Waals surface area contributed by atoms with E-state index < -0.39 is 24.2 Å². The average Bonchev–Trinajstić information content (AvgIpc) is 3.42. The molecule has 2 unspecified atom stereocenters. The summed E-state index contributed by atoms with van der Waals surface area (Å²) in [6.07, 6.45) is -0.639. The van der Waals surface area contributed by atoms with Crippen LogP contribution in [0, 0.1) is 5.92 Å². The number of benzene rings is 2. The van der Waals surface area contributed by atoms with Gasteiger partial charge in [0.25, 0.3) is 0 Å². The number of alkyl carbamates (subject to hydrolysis) is 1. The van der Waals surface area contributed by atoms with Crippen molar-refractivity contribution in [2.24, 2.45) is 5.92 Å². The molecule has 1 heterocycles. The zero-order valence-electron chi connectivity index (χ0n) is 18.5. The van der Waals surface area contributed by atoms with Crippen LogP contribution in [-0.2, 0) is 19.1 Å². The molecule has 174 valence electrons. The predicted octanol–water partition coefficient (Wildman–Crippen LogP) is 2.91. The van der Waals surface area contributed by atoms with Gasteiger partial charge in [-0.3, -0.25) is 4.79 Å². The second-order valence-electron chi connectivity index (χ2n) is 8.35. The van der Waals surface area contributed by atoms with Crippen LogP contribution in [-0.4, -0.2) is 55.0 Å². The van der Waals surface area contributed by atoms with Crippen LogP contribution in [0.4, 0.5) is 4.79 Å². The first kappa shape index (κ1) is 22.8. The molecule has 1 fully saturated rings. The van der Waals surface area contributed by atoms with Crippen LogP contribution in [0.15, 0.2) is 48.5 Å². The number of rotatable bonds is 8. The standard InChI is InChI=1S/C25H28N2O6/c1-2-21(23(28)26-13-15-11-12-32-22(15)24(29)30)27-25(31)33-14-20-18-9-5-3-7-16(18)17-8-4-6-10-19(17)20/h3-10,15,20-22H,2,11-14H2,1H3,(H,26,28)(H,27,31)(H,29,30)/t15?,21-,22?/m0/s1. The molecule has 0 spiro atoms. The molecule has 0 radical (unpaired) electrons. The summed E-state index contributed by atoms with van der Waals surface area (Å²) in [6, 6.07) is 15.4. The van der Waals surface area contributed by atoms with Crippen LogP contribution in [0.25, 0.3) is 11.1 Å². The molecule has 3 atom stereocenters. The van der Waals surface area contributed by atoms with Gasteiger partial charge in [-0.1, -0.05) is 55.5 Å². The second-order valence-corrected chi connectivity index (χ2v) is 8.35. The minimum atomic E-state index is -1.03. The largest absolute Gasteiger partial charge is 0.479 e. The first-order valence-electron chi connectivity index (χ1n) is 11.2. The highest BCUT2D eigenvalue weighted by molar-refractivity contribution is 5.85. The quantitative estimate of drug-likeness (QED) is 0.568. The van der Waals surface area contributed by atoms with Gasteiger partial charge >= 0.3 is 12.1 Å². The van der Waals surface area contributed by atoms with Crippen molar-refractivity contribution < 1.29 is 29.0 Å². The number of hydrogen-bond acceptors (Lipinski definition) is 5. The summed E-state index contributed by atoms with van der Waals surface area (Å²) < 4.78 is 10.7. The Morgan fingerprint density at radius 1 is 1.09 bits per heavy atom. The van der Waals surface area contributed by atoms with Crippen LogP contribution in [0.5, 0.6) is 0 Å². The fraction of sp³-hybridized carbons (Fsp3) is 0.400. The Bertz CT molecular complexity index is 994. The van der Waals surface area contributed by atoms with Crippen LogP contribution in [0.2, 0.25) is 0 Å². The molecular weight excluding hydrogens is 424 g/mol. The Labute approximate surface area is 192 Å². The third-order valence-corrected chi connectivity index (χ3v) is 6.36. The van der Waals surface area contributed by atoms with E-state index in [1.807, 2.05) is 36.4 Å². The highest BCUT2D eigenvalue weighted by Crippen LogP contribution is 2.44. The summed E-state index contributed by atoms with van der Waals surface area (Å²) >= 11 is 0. The van der Waals surface area contributed by atoms with Crippen molar-refractivity contribution in [3.05, 3.63) is 59.7 Å². The molecule has 3 N–H and O–H groups in total. The smallest absolute Gasteiger partial charge is 0.407 e. The van der Waals surface area contributed by atoms with E-state index in [1.54, 1.807) is 6.92 Å². The van der Waals surface area contributed by atoms with Gasteiger partial charge in [-0.05, 0) is 35.1 Å². The summed E-state index contributed by atoms with van der Waals surface area (Å²) in [5.74, 6) is -1.76. The first-order chi connectivity index (χ1) is 16.0. The third kappa shape index (κ3) is 4.85. The van der Waals surface area contributed by atoms with Gasteiger partial charge in [0.15, 0.2) is 6.10 Å². The molecule has 33 heavy (non-hydrogen) atoms. The monoisotopic (exact) mass is 452 g/mol. The van der Waals surface area contributed by atoms with Gasteiger partial charge < -0.3 is 25.2 Å². The lowest BCUT2D eigenvalue weighted by atomic mass is 9.98. The maximum atomic E-state index is 12.6. The van der Waals surface area contributed by atoms with Crippen molar-refractivity contribution in [2.45, 2.75) is 37.8 Å². The molecule has 8 heteroatoms. The highest BCUT2D eigenvalue weighted by Gasteiger charge is 2.35. The van der Waals surface area contributed by atoms with E-state index in [0.29, 0.717) is 19.4 Å². The molecule has 0 aromatic heterocycles. The summed E-state index contributed by atoms with van der Waals surface area (Å²) in [5, 5.41) is 14.5. The molecule has 1 aliphatic heterocycles. The van der Waals surface area contributed by atoms with Gasteiger partial charge in [0, 0.05) is 25.0 Å². The normalized spacial score (nSPS) is 19.9. The van der Waals surface area contributed by atoms with Crippen molar-refractivity contribution in [3.8, 4) is 11.1 Å². The minimum Gasteiger partial charge on any atom is -0.479 e. The second kappa shape index (κ2) is 10.0. The van der Waals surface area contributed by atoms with E-state index >= 15 is 0 Å². The molecule has 2 aliphatic rings. The van der Waals surface area contributed by atoms with Gasteiger partial charge in [-0.15, -0.1) is 0 Å². The van der Waals surface area contributed by atoms with Crippen LogP contribution in [0.3, 0.4) is 0 Å². The fourth-order valence-corrected chi connectivity index (χ4v) is 4.61. The molecule has 2 aromatic carbocycles. The van der Waals surface area contributed by atoms with Crippen molar-refractivity contribution in [1.82, 2.24) is 10.6 Å². The number of carboxylic acids is 1. The lowest BCUT2D eigenvalue weighted by molar-refractivity contribution is -0.149. The van der Waals surface area contributed by atoms with Gasteiger partial charge in [0.05, 0.1) is 0 Å². The van der Waals surface area contributed by atoms with Gasteiger partial charge in [0.2, 0.25) is 5.91 Å². The molecular formula is C25H28N2O6. The van der Waals surface area contributed by atoms with Crippen molar-refractivity contribution >= 4 is 18.0 Å². The Morgan fingerprint density at radius 3 is 2.33 bits per heavy atom. The zero-order valence-corrected chi connectivity index (χ0v) is 18.5. The number of ether oxygens (including phenoxy) is 2. The molecule has 2 aromatic rings. The number of carbonyl (C=O) groups excluding carboxylic acids is 2. The molecule has 0 bridgehead atoms. The number of amides is 2. The van der Waals surface area contributed by atoms with E-state index in [4.69, 9.17) is 9.47 Å². The number of hydrogen-bond donors (Lipinski definition) is 3. The number of carboxylic acid groups (broad SMARTS) is 1. The maximum Gasteiger partial charge on any atom is 0.407 e. The molecule has 1 saturated heterocycles. The summed E-state index contributed by atoms with van der Waals surface area (Å²) in [6.45, 7) is 2.48. The molecule has 1 aliphatic carbocycles. The van der Waals surface area contributed by atoms with E-state index in [0.717, 1.165) is 22.3 Å². The lowest BCUT2D eigenvalue weighted by Crippen LogP contribution is -2.48. The summed E-state index contributed by atoms with van der Waals surface area (Å²) in [4.78, 5) is 36.3. The zero-order chi connectivity index (χ0) is 23.4. The highest BCUT2D eigenvalue weighted by atomic mass is 16.5. The third-order valence-electron chi connectivity index (χ3n) is 6.36. The SMILES string of the molecule is CC[C@H](NC(=O)OCC1c2ccccc2-c2ccccc21)C(=O)NCC1CCOC1C(=O)O. The van der Waals surface area contributed by atoms with Gasteiger partial charge in [-0.2, -0.15) is 0 Å². The van der Waals surface area contributed by atoms with Gasteiger partial charge in [-0.25, -0.2) is 9.59 Å². The molecule has 2 amide bonds. The van der Waals surface area contributed by atoms with Gasteiger partial charge in [0.1, 0.15) is 12.6 Å². The summed E-state index contributed by atoms with van der Waals surface area (Å²) in [5.41, 5.74) is 4.51. The van der Waals surface area contributed by atoms with Crippen molar-refractivity contribution in [3.63, 3.8) is 0 Å². The van der Waals surface area contributed by atoms with Crippen LogP contribution in [0.1, 0.15) is 36.8 Å².